The van der Waals surface area contributed by atoms with E-state index in [0.29, 0.717) is 12.3 Å². The molecule has 0 saturated heterocycles. The number of halogens is 1. The van der Waals surface area contributed by atoms with Crippen molar-refractivity contribution in [1.29, 1.82) is 0 Å². The quantitative estimate of drug-likeness (QED) is 0.790. The zero-order chi connectivity index (χ0) is 14.4. The maximum atomic E-state index is 10.4. The summed E-state index contributed by atoms with van der Waals surface area (Å²) in [5.41, 5.74) is 1.88. The van der Waals surface area contributed by atoms with E-state index in [9.17, 15) is 5.11 Å². The predicted molar refractivity (Wildman–Crippen MR) is 80.6 cm³/mol. The molecule has 0 bridgehead atoms. The van der Waals surface area contributed by atoms with Crippen molar-refractivity contribution in [2.45, 2.75) is 65.4 Å². The summed E-state index contributed by atoms with van der Waals surface area (Å²) in [5, 5.41) is 15.6. The molecule has 1 rings (SSSR count). The first-order valence-corrected chi connectivity index (χ1v) is 7.81. The summed E-state index contributed by atoms with van der Waals surface area (Å²) in [6.07, 6.45) is 5.56. The Morgan fingerprint density at radius 2 is 2.00 bits per heavy atom. The van der Waals surface area contributed by atoms with Gasteiger partial charge in [0, 0.05) is 13.5 Å². The summed E-state index contributed by atoms with van der Waals surface area (Å²) >= 11 is 6.33. The van der Waals surface area contributed by atoms with E-state index in [1.54, 1.807) is 0 Å². The zero-order valence-electron chi connectivity index (χ0n) is 12.6. The monoisotopic (exact) mass is 286 g/mol. The van der Waals surface area contributed by atoms with Crippen LogP contribution in [0.2, 0.25) is 5.02 Å². The lowest BCUT2D eigenvalue weighted by molar-refractivity contribution is 0.0969. The number of rotatable bonds is 8. The number of nitrogens with zero attached hydrogens (tertiary/aromatic N) is 2. The number of hydrogen-bond donors (Lipinski definition) is 1. The fourth-order valence-corrected chi connectivity index (χ4v) is 2.91. The first-order valence-electron chi connectivity index (χ1n) is 7.43. The van der Waals surface area contributed by atoms with Gasteiger partial charge in [0.2, 0.25) is 0 Å². The lowest BCUT2D eigenvalue weighted by atomic mass is 9.91. The molecule has 4 heteroatoms. The van der Waals surface area contributed by atoms with Crippen LogP contribution in [0.15, 0.2) is 0 Å². The van der Waals surface area contributed by atoms with Crippen molar-refractivity contribution >= 4 is 11.6 Å². The summed E-state index contributed by atoms with van der Waals surface area (Å²) in [6.45, 7) is 6.38. The number of unbranched alkanes of at least 4 members (excludes halogenated alkanes) is 1. The molecular weight excluding hydrogens is 260 g/mol. The van der Waals surface area contributed by atoms with Crippen LogP contribution in [0.3, 0.4) is 0 Å². The third-order valence-corrected chi connectivity index (χ3v) is 4.34. The van der Waals surface area contributed by atoms with Gasteiger partial charge < -0.3 is 5.11 Å². The minimum absolute atomic E-state index is 0.325. The third kappa shape index (κ3) is 4.22. The fourth-order valence-electron chi connectivity index (χ4n) is 2.54. The highest BCUT2D eigenvalue weighted by molar-refractivity contribution is 6.31. The van der Waals surface area contributed by atoms with Gasteiger partial charge in [-0.25, -0.2) is 0 Å². The molecule has 2 atom stereocenters. The molecule has 1 aromatic rings. The van der Waals surface area contributed by atoms with Crippen LogP contribution in [-0.2, 0) is 19.9 Å². The van der Waals surface area contributed by atoms with Gasteiger partial charge in [0.05, 0.1) is 22.5 Å². The number of aliphatic hydroxyl groups excluding tert-OH is 1. The number of aromatic nitrogens is 2. The average molecular weight is 287 g/mol. The predicted octanol–water partition coefficient (Wildman–Crippen LogP) is 3.76. The van der Waals surface area contributed by atoms with Gasteiger partial charge in [0.25, 0.3) is 0 Å². The average Bonchev–Trinajstić information content (AvgIpc) is 2.67. The van der Waals surface area contributed by atoms with E-state index in [-0.39, 0.29) is 6.10 Å². The Morgan fingerprint density at radius 3 is 2.47 bits per heavy atom. The minimum atomic E-state index is -0.325. The highest BCUT2D eigenvalue weighted by Crippen LogP contribution is 2.26. The molecule has 3 nitrogen and oxygen atoms in total. The Labute approximate surface area is 122 Å². The molecule has 19 heavy (non-hydrogen) atoms. The van der Waals surface area contributed by atoms with Crippen molar-refractivity contribution in [3.05, 3.63) is 16.4 Å². The molecule has 1 heterocycles. The van der Waals surface area contributed by atoms with E-state index in [1.165, 1.54) is 12.8 Å². The van der Waals surface area contributed by atoms with Gasteiger partial charge in [-0.3, -0.25) is 4.68 Å². The highest BCUT2D eigenvalue weighted by atomic mass is 35.5. The maximum absolute atomic E-state index is 10.4. The molecule has 1 aromatic heterocycles. The van der Waals surface area contributed by atoms with E-state index in [4.69, 9.17) is 11.6 Å². The number of hydrogen-bond acceptors (Lipinski definition) is 2. The third-order valence-electron chi connectivity index (χ3n) is 3.90. The molecule has 0 fully saturated rings. The first-order chi connectivity index (χ1) is 9.04. The number of aryl methyl sites for hydroxylation is 2. The van der Waals surface area contributed by atoms with Crippen LogP contribution in [-0.4, -0.2) is 21.0 Å². The summed E-state index contributed by atoms with van der Waals surface area (Å²) in [4.78, 5) is 0. The summed E-state index contributed by atoms with van der Waals surface area (Å²) in [7, 11) is 1.90. The van der Waals surface area contributed by atoms with Crippen molar-refractivity contribution < 1.29 is 5.11 Å². The highest BCUT2D eigenvalue weighted by Gasteiger charge is 2.22. The Bertz CT molecular complexity index is 390. The Balaban J connectivity index is 2.74. The van der Waals surface area contributed by atoms with Crippen LogP contribution in [0.1, 0.15) is 57.8 Å². The van der Waals surface area contributed by atoms with Crippen LogP contribution in [0.25, 0.3) is 0 Å². The zero-order valence-corrected chi connectivity index (χ0v) is 13.4. The minimum Gasteiger partial charge on any atom is -0.392 e. The summed E-state index contributed by atoms with van der Waals surface area (Å²) in [5.74, 6) is 0.357. The van der Waals surface area contributed by atoms with Gasteiger partial charge in [0.1, 0.15) is 0 Å². The van der Waals surface area contributed by atoms with Crippen LogP contribution < -0.4 is 0 Å². The standard InChI is InChI=1S/C15H27ClN2O/c1-5-8-9-11(6-2)14(19)10-13-15(16)12(7-3)17-18(13)4/h11,14,19H,5-10H2,1-4H3. The topological polar surface area (TPSA) is 38.1 Å². The Hall–Kier alpha value is -0.540. The molecule has 0 aliphatic carbocycles. The van der Waals surface area contributed by atoms with Crippen LogP contribution in [0.5, 0.6) is 0 Å². The molecular formula is C15H27ClN2O. The van der Waals surface area contributed by atoms with E-state index in [0.717, 1.165) is 35.7 Å². The van der Waals surface area contributed by atoms with Gasteiger partial charge in [-0.1, -0.05) is 51.6 Å². The largest absolute Gasteiger partial charge is 0.392 e. The molecule has 0 aliphatic rings. The lowest BCUT2D eigenvalue weighted by Gasteiger charge is -2.21. The van der Waals surface area contributed by atoms with Crippen molar-refractivity contribution in [2.24, 2.45) is 13.0 Å². The molecule has 0 aliphatic heterocycles. The van der Waals surface area contributed by atoms with Crippen LogP contribution in [0, 0.1) is 5.92 Å². The van der Waals surface area contributed by atoms with Crippen molar-refractivity contribution in [3.8, 4) is 0 Å². The van der Waals surface area contributed by atoms with Gasteiger partial charge in [-0.05, 0) is 18.8 Å². The smallest absolute Gasteiger partial charge is 0.0850 e. The van der Waals surface area contributed by atoms with Crippen LogP contribution in [0.4, 0.5) is 0 Å². The van der Waals surface area contributed by atoms with Gasteiger partial charge >= 0.3 is 0 Å². The van der Waals surface area contributed by atoms with E-state index >= 15 is 0 Å². The SMILES string of the molecule is CCCCC(CC)C(O)Cc1c(Cl)c(CC)nn1C. The second-order valence-corrected chi connectivity index (χ2v) is 5.64. The van der Waals surface area contributed by atoms with Crippen molar-refractivity contribution in [1.82, 2.24) is 9.78 Å². The molecule has 2 unspecified atom stereocenters. The fraction of sp³-hybridized carbons (Fsp3) is 0.800. The first kappa shape index (κ1) is 16.5. The molecule has 1 N–H and O–H groups in total. The van der Waals surface area contributed by atoms with Crippen molar-refractivity contribution in [2.75, 3.05) is 0 Å². The number of aliphatic hydroxyl groups is 1. The molecule has 0 spiro atoms. The Morgan fingerprint density at radius 1 is 1.32 bits per heavy atom. The van der Waals surface area contributed by atoms with Gasteiger partial charge in [-0.15, -0.1) is 0 Å². The Kier molecular flexibility index (Phi) is 6.87. The molecule has 0 aromatic carbocycles. The lowest BCUT2D eigenvalue weighted by Crippen LogP contribution is -2.23. The van der Waals surface area contributed by atoms with Gasteiger partial charge in [0.15, 0.2) is 0 Å². The van der Waals surface area contributed by atoms with Crippen molar-refractivity contribution in [3.63, 3.8) is 0 Å². The molecule has 0 saturated carbocycles. The second kappa shape index (κ2) is 7.91. The summed E-state index contributed by atoms with van der Waals surface area (Å²) < 4.78 is 1.82. The van der Waals surface area contributed by atoms with E-state index in [2.05, 4.69) is 18.9 Å². The van der Waals surface area contributed by atoms with Gasteiger partial charge in [-0.2, -0.15) is 5.10 Å². The second-order valence-electron chi connectivity index (χ2n) is 5.27. The molecule has 110 valence electrons. The normalized spacial score (nSPS) is 14.6. The van der Waals surface area contributed by atoms with Crippen LogP contribution >= 0.6 is 11.6 Å². The van der Waals surface area contributed by atoms with E-state index in [1.807, 2.05) is 18.7 Å². The van der Waals surface area contributed by atoms with E-state index < -0.39 is 0 Å². The summed E-state index contributed by atoms with van der Waals surface area (Å²) in [6, 6.07) is 0. The molecule has 0 amide bonds. The maximum Gasteiger partial charge on any atom is 0.0850 e. The molecule has 0 radical (unpaired) electrons.